The van der Waals surface area contributed by atoms with E-state index in [4.69, 9.17) is 9.05 Å². The van der Waals surface area contributed by atoms with E-state index in [1.165, 1.54) is 12.4 Å². The Balaban J connectivity index is 1.80. The fourth-order valence-electron chi connectivity index (χ4n) is 2.78. The van der Waals surface area contributed by atoms with Crippen molar-refractivity contribution in [2.75, 3.05) is 24.7 Å². The third-order valence-electron chi connectivity index (χ3n) is 4.05. The smallest absolute Gasteiger partial charge is 0.234 e. The van der Waals surface area contributed by atoms with E-state index in [1.807, 2.05) is 13.8 Å². The van der Waals surface area contributed by atoms with Crippen LogP contribution in [-0.2, 0) is 20.3 Å². The van der Waals surface area contributed by atoms with Crippen molar-refractivity contribution >= 4 is 46.9 Å². The molecule has 0 saturated carbocycles. The van der Waals surface area contributed by atoms with E-state index in [1.54, 1.807) is 24.4 Å². The Morgan fingerprint density at radius 3 is 2.63 bits per heavy atom. The fourth-order valence-corrected chi connectivity index (χ4v) is 4.35. The summed E-state index contributed by atoms with van der Waals surface area (Å²) in [4.78, 5) is 25.3. The largest absolute Gasteiger partial charge is 0.334 e. The van der Waals surface area contributed by atoms with Crippen LogP contribution in [-0.4, -0.2) is 40.2 Å². The Labute approximate surface area is 183 Å². The summed E-state index contributed by atoms with van der Waals surface area (Å²) in [5.74, 6) is -0.165. The molecule has 0 spiro atoms. The molecule has 158 valence electrons. The number of carbonyl (C=O) groups excluding carboxylic acids is 1. The molecule has 0 radical (unpaired) electrons. The number of anilines is 1. The van der Waals surface area contributed by atoms with Crippen LogP contribution in [0.4, 0.5) is 10.2 Å². The van der Waals surface area contributed by atoms with Crippen LogP contribution in [0.2, 0.25) is 0 Å². The van der Waals surface area contributed by atoms with Crippen LogP contribution < -0.4 is 5.32 Å². The third-order valence-corrected chi connectivity index (χ3v) is 6.29. The number of hydrogen-bond acceptors (Lipinski definition) is 6. The number of aromatic nitrogens is 3. The quantitative estimate of drug-likeness (QED) is 0.428. The van der Waals surface area contributed by atoms with Gasteiger partial charge in [-0.25, -0.2) is 19.3 Å². The number of carbonyl (C=O) groups is 1. The standard InChI is InChI=1S/C20H21BrFN4O3P/c1-3-28-30(29-4-2)11-20(27)26-19-9-14-17(24-12-25-18(14)10-23-19)8-13-5-6-16(22)15(21)7-13/h5-7,9-10,12H,3-4,8,11H2,1-2H3,(H,23,26,27). The molecule has 1 amide bonds. The van der Waals surface area contributed by atoms with E-state index in [0.717, 1.165) is 16.6 Å². The molecular weight excluding hydrogens is 474 g/mol. The second-order valence-corrected chi connectivity index (χ2v) is 8.56. The maximum Gasteiger partial charge on any atom is 0.234 e. The first kappa shape index (κ1) is 22.6. The zero-order valence-electron chi connectivity index (χ0n) is 16.6. The van der Waals surface area contributed by atoms with Gasteiger partial charge in [0.15, 0.2) is 8.38 Å². The van der Waals surface area contributed by atoms with E-state index < -0.39 is 8.38 Å². The number of benzene rings is 1. The normalized spacial score (nSPS) is 11.2. The molecule has 3 rings (SSSR count). The van der Waals surface area contributed by atoms with Crippen LogP contribution in [0.25, 0.3) is 10.9 Å². The molecule has 0 aliphatic carbocycles. The molecule has 1 aromatic carbocycles. The highest BCUT2D eigenvalue weighted by atomic mass is 79.9. The number of pyridine rings is 1. The molecule has 2 aromatic heterocycles. The average molecular weight is 495 g/mol. The van der Waals surface area contributed by atoms with E-state index in [-0.39, 0.29) is 17.9 Å². The number of halogens is 2. The second kappa shape index (κ2) is 10.8. The van der Waals surface area contributed by atoms with Gasteiger partial charge in [0.1, 0.15) is 18.0 Å². The van der Waals surface area contributed by atoms with Gasteiger partial charge in [-0.15, -0.1) is 0 Å². The number of rotatable bonds is 9. The third kappa shape index (κ3) is 5.98. The Morgan fingerprint density at radius 2 is 1.93 bits per heavy atom. The summed E-state index contributed by atoms with van der Waals surface area (Å²) >= 11 is 3.21. The Kier molecular flexibility index (Phi) is 8.16. The minimum Gasteiger partial charge on any atom is -0.334 e. The first-order valence-corrected chi connectivity index (χ1v) is 11.5. The summed E-state index contributed by atoms with van der Waals surface area (Å²) in [5.41, 5.74) is 2.30. The van der Waals surface area contributed by atoms with Gasteiger partial charge < -0.3 is 14.4 Å². The highest BCUT2D eigenvalue weighted by Gasteiger charge is 2.16. The van der Waals surface area contributed by atoms with Crippen molar-refractivity contribution in [2.45, 2.75) is 20.3 Å². The van der Waals surface area contributed by atoms with Crippen molar-refractivity contribution in [2.24, 2.45) is 0 Å². The molecular formula is C20H21BrFN4O3P. The molecule has 7 nitrogen and oxygen atoms in total. The van der Waals surface area contributed by atoms with Crippen molar-refractivity contribution in [3.05, 3.63) is 58.3 Å². The summed E-state index contributed by atoms with van der Waals surface area (Å²) in [6.45, 7) is 4.68. The van der Waals surface area contributed by atoms with Crippen molar-refractivity contribution in [1.82, 2.24) is 15.0 Å². The molecule has 0 atom stereocenters. The molecule has 10 heteroatoms. The lowest BCUT2D eigenvalue weighted by Gasteiger charge is -2.15. The van der Waals surface area contributed by atoms with Crippen LogP contribution in [0, 0.1) is 5.82 Å². The van der Waals surface area contributed by atoms with Gasteiger partial charge in [-0.2, -0.15) is 0 Å². The maximum atomic E-state index is 13.5. The van der Waals surface area contributed by atoms with Crippen molar-refractivity contribution < 1.29 is 18.2 Å². The van der Waals surface area contributed by atoms with E-state index in [2.05, 4.69) is 36.2 Å². The van der Waals surface area contributed by atoms with Gasteiger partial charge in [0.2, 0.25) is 5.91 Å². The summed E-state index contributed by atoms with van der Waals surface area (Å²) in [6, 6.07) is 6.58. The van der Waals surface area contributed by atoms with Crippen LogP contribution in [0.15, 0.2) is 41.3 Å². The summed E-state index contributed by atoms with van der Waals surface area (Å²) < 4.78 is 24.9. The Morgan fingerprint density at radius 1 is 1.17 bits per heavy atom. The van der Waals surface area contributed by atoms with Gasteiger partial charge in [-0.1, -0.05) is 6.07 Å². The zero-order chi connectivity index (χ0) is 21.5. The van der Waals surface area contributed by atoms with Crippen molar-refractivity contribution in [3.63, 3.8) is 0 Å². The number of nitrogens with one attached hydrogen (secondary N) is 1. The van der Waals surface area contributed by atoms with Gasteiger partial charge in [0, 0.05) is 11.8 Å². The predicted octanol–water partition coefficient (Wildman–Crippen LogP) is 4.84. The van der Waals surface area contributed by atoms with Crippen LogP contribution in [0.3, 0.4) is 0 Å². The van der Waals surface area contributed by atoms with E-state index in [9.17, 15) is 9.18 Å². The second-order valence-electron chi connectivity index (χ2n) is 6.21. The SMILES string of the molecule is CCOP(CC(=O)Nc1cc2c(Cc3ccc(F)c(Br)c3)ncnc2cn1)OCC. The average Bonchev–Trinajstić information content (AvgIpc) is 2.71. The monoisotopic (exact) mass is 494 g/mol. The van der Waals surface area contributed by atoms with E-state index >= 15 is 0 Å². The number of hydrogen-bond donors (Lipinski definition) is 1. The minimum atomic E-state index is -1.28. The summed E-state index contributed by atoms with van der Waals surface area (Å²) in [5, 5.41) is 3.55. The highest BCUT2D eigenvalue weighted by Crippen LogP contribution is 2.37. The molecule has 3 aromatic rings. The lowest BCUT2D eigenvalue weighted by Crippen LogP contribution is -2.17. The summed E-state index contributed by atoms with van der Waals surface area (Å²) in [6.07, 6.45) is 3.66. The van der Waals surface area contributed by atoms with Crippen LogP contribution in [0.1, 0.15) is 25.1 Å². The van der Waals surface area contributed by atoms with Crippen LogP contribution >= 0.6 is 24.3 Å². The molecule has 0 aliphatic heterocycles. The molecule has 0 unspecified atom stereocenters. The fraction of sp³-hybridized carbons (Fsp3) is 0.300. The summed E-state index contributed by atoms with van der Waals surface area (Å²) in [7, 11) is -1.28. The highest BCUT2D eigenvalue weighted by molar-refractivity contribution is 9.10. The molecule has 0 fully saturated rings. The molecule has 30 heavy (non-hydrogen) atoms. The van der Waals surface area contributed by atoms with Crippen LogP contribution in [0.5, 0.6) is 0 Å². The minimum absolute atomic E-state index is 0.123. The molecule has 0 saturated heterocycles. The van der Waals surface area contributed by atoms with Gasteiger partial charge >= 0.3 is 0 Å². The molecule has 0 bridgehead atoms. The van der Waals surface area contributed by atoms with Gasteiger partial charge in [0.25, 0.3) is 0 Å². The predicted molar refractivity (Wildman–Crippen MR) is 118 cm³/mol. The van der Waals surface area contributed by atoms with E-state index in [0.29, 0.717) is 35.4 Å². The zero-order valence-corrected chi connectivity index (χ0v) is 19.0. The molecule has 1 N–H and O–H groups in total. The lowest BCUT2D eigenvalue weighted by molar-refractivity contribution is -0.114. The number of fused-ring (bicyclic) bond motifs is 1. The van der Waals surface area contributed by atoms with Gasteiger partial charge in [-0.3, -0.25) is 4.79 Å². The first-order valence-electron chi connectivity index (χ1n) is 9.37. The molecule has 2 heterocycles. The Bertz CT molecular complexity index is 1030. The maximum absolute atomic E-state index is 13.5. The van der Waals surface area contributed by atoms with Gasteiger partial charge in [0.05, 0.1) is 41.3 Å². The number of nitrogens with zero attached hydrogens (tertiary/aromatic N) is 3. The van der Waals surface area contributed by atoms with Crippen molar-refractivity contribution in [1.29, 1.82) is 0 Å². The van der Waals surface area contributed by atoms with Crippen molar-refractivity contribution in [3.8, 4) is 0 Å². The lowest BCUT2D eigenvalue weighted by atomic mass is 10.1. The topological polar surface area (TPSA) is 86.2 Å². The number of amides is 1. The molecule has 0 aliphatic rings. The Hall–Kier alpha value is -2.06. The van der Waals surface area contributed by atoms with Gasteiger partial charge in [-0.05, 0) is 53.5 Å². The first-order chi connectivity index (χ1) is 14.5.